The third kappa shape index (κ3) is 10.9. The molecule has 40 heavy (non-hydrogen) atoms. The number of halogens is 1. The summed E-state index contributed by atoms with van der Waals surface area (Å²) < 4.78 is 22.6. The number of carbonyl (C=O) groups is 1. The Balaban J connectivity index is 0.00000134. The number of aliphatic hydroxyl groups is 1. The highest BCUT2D eigenvalue weighted by atomic mass is 35.5. The third-order valence-corrected chi connectivity index (χ3v) is 8.10. The lowest BCUT2D eigenvalue weighted by atomic mass is 9.99. The maximum Gasteiger partial charge on any atom is 0.272 e. The molecule has 1 aromatic carbocycles. The van der Waals surface area contributed by atoms with E-state index in [1.165, 1.54) is 11.1 Å². The van der Waals surface area contributed by atoms with Crippen LogP contribution in [-0.2, 0) is 27.6 Å². The maximum absolute atomic E-state index is 12.9. The lowest BCUT2D eigenvalue weighted by molar-refractivity contribution is 0.100. The van der Waals surface area contributed by atoms with Crippen LogP contribution in [0.3, 0.4) is 0 Å². The Morgan fingerprint density at radius 1 is 1.00 bits per heavy atom. The predicted octanol–water partition coefficient (Wildman–Crippen LogP) is 7.19. The molecule has 2 aliphatic heterocycles. The van der Waals surface area contributed by atoms with Crippen LogP contribution in [0.5, 0.6) is 5.75 Å². The van der Waals surface area contributed by atoms with Crippen LogP contribution < -0.4 is 9.64 Å². The van der Waals surface area contributed by atoms with Crippen molar-refractivity contribution in [1.29, 1.82) is 0 Å². The van der Waals surface area contributed by atoms with Crippen molar-refractivity contribution in [2.24, 2.45) is 10.3 Å². The molecule has 9 heteroatoms. The first kappa shape index (κ1) is 33.8. The largest absolute Gasteiger partial charge is 0.490 e. The summed E-state index contributed by atoms with van der Waals surface area (Å²) in [5, 5.41) is 7.76. The lowest BCUT2D eigenvalue weighted by Crippen LogP contribution is -2.29. The van der Waals surface area contributed by atoms with Crippen molar-refractivity contribution in [2.75, 3.05) is 37.5 Å². The maximum atomic E-state index is 12.9. The topological polar surface area (TPSA) is 92.1 Å². The zero-order valence-electron chi connectivity index (χ0n) is 24.4. The van der Waals surface area contributed by atoms with Crippen LogP contribution in [0.15, 0.2) is 46.8 Å². The molecule has 1 amide bonds. The van der Waals surface area contributed by atoms with Crippen LogP contribution in [0.25, 0.3) is 0 Å². The molecule has 0 aliphatic carbocycles. The van der Waals surface area contributed by atoms with Gasteiger partial charge in [0.2, 0.25) is 0 Å². The third-order valence-electron chi connectivity index (χ3n) is 6.64. The van der Waals surface area contributed by atoms with Gasteiger partial charge in [0.05, 0.1) is 6.61 Å². The van der Waals surface area contributed by atoms with Gasteiger partial charge in [-0.1, -0.05) is 62.3 Å². The van der Waals surface area contributed by atoms with Crippen LogP contribution >= 0.6 is 11.6 Å². The molecule has 7 nitrogen and oxygen atoms in total. The van der Waals surface area contributed by atoms with Gasteiger partial charge in [-0.2, -0.15) is 10.6 Å². The number of ether oxygens (including phenoxy) is 1. The van der Waals surface area contributed by atoms with Crippen molar-refractivity contribution in [3.63, 3.8) is 0 Å². The molecule has 0 fully saturated rings. The van der Waals surface area contributed by atoms with Gasteiger partial charge in [0, 0.05) is 25.2 Å². The molecule has 0 saturated heterocycles. The summed E-state index contributed by atoms with van der Waals surface area (Å²) in [7, 11) is -0.581. The number of anilines is 1. The molecule has 2 bridgehead atoms. The predicted molar refractivity (Wildman–Crippen MR) is 166 cm³/mol. The monoisotopic (exact) mass is 590 g/mol. The van der Waals surface area contributed by atoms with E-state index in [9.17, 15) is 9.00 Å². The Morgan fingerprint density at radius 3 is 2.60 bits per heavy atom. The number of benzene rings is 1. The fourth-order valence-electron chi connectivity index (χ4n) is 4.64. The lowest BCUT2D eigenvalue weighted by Gasteiger charge is -2.27. The molecular formula is C31H45ClN3O4S-. The Morgan fingerprint density at radius 2 is 1.80 bits per heavy atom. The first-order chi connectivity index (χ1) is 19.5. The number of nitrogens with zero attached hydrogens (tertiary/aromatic N) is 3. The molecule has 0 unspecified atom stereocenters. The second-order valence-electron chi connectivity index (χ2n) is 9.67. The summed E-state index contributed by atoms with van der Waals surface area (Å²) in [5.74, 6) is 1.35. The molecule has 1 N–H and O–H groups in total. The van der Waals surface area contributed by atoms with Gasteiger partial charge in [-0.25, -0.2) is 4.98 Å². The van der Waals surface area contributed by atoms with E-state index in [4.69, 9.17) is 26.4 Å². The minimum absolute atomic E-state index is 0.192. The molecule has 0 radical (unpaired) electrons. The van der Waals surface area contributed by atoms with E-state index in [1.54, 1.807) is 6.07 Å². The second kappa shape index (κ2) is 18.8. The first-order valence-corrected chi connectivity index (χ1v) is 16.1. The Kier molecular flexibility index (Phi) is 15.9. The highest BCUT2D eigenvalue weighted by Crippen LogP contribution is 2.29. The number of hydrogen-bond donors (Lipinski definition) is 1. The van der Waals surface area contributed by atoms with Crippen molar-refractivity contribution in [2.45, 2.75) is 72.1 Å². The Bertz CT molecular complexity index is 1180. The van der Waals surface area contributed by atoms with Gasteiger partial charge in [0.1, 0.15) is 5.69 Å². The van der Waals surface area contributed by atoms with E-state index in [1.807, 2.05) is 32.9 Å². The van der Waals surface area contributed by atoms with Gasteiger partial charge in [-0.3, -0.25) is 4.79 Å². The molecule has 2 aromatic rings. The summed E-state index contributed by atoms with van der Waals surface area (Å²) >= 11 is 6.30. The molecular weight excluding hydrogens is 546 g/mol. The zero-order chi connectivity index (χ0) is 29.3. The number of allylic oxidation sites excluding steroid dienone is 2. The molecule has 0 spiro atoms. The van der Waals surface area contributed by atoms with Gasteiger partial charge in [-0.15, -0.1) is 0 Å². The SMILES string of the molecule is CC.CO.C[C@H]1C/C=C/CCCCN2CCc3ccc(Cl)cc3CCCCOc3ccc(nc32)C(=O)N=[S-](=O)C1. The van der Waals surface area contributed by atoms with E-state index in [2.05, 4.69) is 33.5 Å². The van der Waals surface area contributed by atoms with Crippen molar-refractivity contribution in [3.05, 3.63) is 64.3 Å². The van der Waals surface area contributed by atoms with Gasteiger partial charge < -0.3 is 23.3 Å². The standard InChI is InChI=1S/C28H35ClN3O3S.C2H6.CH4O/c1-21-9-5-3-2-4-7-16-32-17-15-22-11-12-24(29)19-23(22)10-6-8-18-35-26-14-13-25(30-27(26)32)28(33)31-36(34)20-21;2*1-2/h3,5,11-14,19,21H,2,4,6-10,15-18,20H2,1H3;1-2H3;2H,1H3/q-1;;/b5-3+;;/t21-;;/m0../s1. The number of fused-ring (bicyclic) bond motifs is 2. The van der Waals surface area contributed by atoms with Crippen molar-refractivity contribution < 1.29 is 18.8 Å². The molecule has 1 aromatic heterocycles. The molecule has 2 aliphatic rings. The summed E-state index contributed by atoms with van der Waals surface area (Å²) in [6.45, 7) is 8.15. The van der Waals surface area contributed by atoms with Crippen molar-refractivity contribution >= 4 is 33.9 Å². The molecule has 1 atom stereocenters. The van der Waals surface area contributed by atoms with Crippen LogP contribution in [0, 0.1) is 5.92 Å². The average Bonchev–Trinajstić information content (AvgIpc) is 2.95. The number of carbonyl (C=O) groups excluding carboxylic acids is 1. The van der Waals surface area contributed by atoms with Crippen LogP contribution in [0.4, 0.5) is 5.82 Å². The van der Waals surface area contributed by atoms with Gasteiger partial charge in [-0.05, 0) is 86.8 Å². The molecule has 0 saturated carbocycles. The van der Waals surface area contributed by atoms with Gasteiger partial charge in [0.25, 0.3) is 5.91 Å². The van der Waals surface area contributed by atoms with Crippen LogP contribution in [0.1, 0.15) is 80.9 Å². The summed E-state index contributed by atoms with van der Waals surface area (Å²) in [6, 6.07) is 9.62. The van der Waals surface area contributed by atoms with E-state index >= 15 is 0 Å². The van der Waals surface area contributed by atoms with Crippen LogP contribution in [-0.4, -0.2) is 48.6 Å². The minimum atomic E-state index is -1.58. The highest BCUT2D eigenvalue weighted by Gasteiger charge is 2.19. The summed E-state index contributed by atoms with van der Waals surface area (Å²) in [4.78, 5) is 19.8. The van der Waals surface area contributed by atoms with E-state index in [0.29, 0.717) is 23.9 Å². The van der Waals surface area contributed by atoms with Crippen molar-refractivity contribution in [1.82, 2.24) is 4.98 Å². The number of aromatic nitrogens is 1. The number of rotatable bonds is 0. The number of pyridine rings is 1. The first-order valence-electron chi connectivity index (χ1n) is 14.4. The minimum Gasteiger partial charge on any atom is -0.490 e. The normalized spacial score (nSPS) is 19.9. The molecule has 3 heterocycles. The smallest absolute Gasteiger partial charge is 0.272 e. The number of amides is 1. The Labute approximate surface area is 247 Å². The van der Waals surface area contributed by atoms with Gasteiger partial charge in [0.15, 0.2) is 11.6 Å². The summed E-state index contributed by atoms with van der Waals surface area (Å²) in [5.41, 5.74) is 2.79. The van der Waals surface area contributed by atoms with Gasteiger partial charge >= 0.3 is 0 Å². The summed E-state index contributed by atoms with van der Waals surface area (Å²) in [6.07, 6.45) is 12.0. The number of hydrogen-bond acceptors (Lipinski definition) is 7. The average molecular weight is 591 g/mol. The Hall–Kier alpha value is -2.42. The second-order valence-corrected chi connectivity index (χ2v) is 11.3. The van der Waals surface area contributed by atoms with E-state index < -0.39 is 16.5 Å². The van der Waals surface area contributed by atoms with E-state index in [0.717, 1.165) is 76.6 Å². The fraction of sp³-hybridized carbons (Fsp3) is 0.548. The number of aliphatic hydroxyl groups excluding tert-OH is 1. The zero-order valence-corrected chi connectivity index (χ0v) is 26.0. The van der Waals surface area contributed by atoms with Crippen LogP contribution in [0.2, 0.25) is 5.02 Å². The van der Waals surface area contributed by atoms with E-state index in [-0.39, 0.29) is 11.6 Å². The molecule has 4 rings (SSSR count). The number of aryl methyl sites for hydroxylation is 1. The van der Waals surface area contributed by atoms with Crippen molar-refractivity contribution in [3.8, 4) is 5.75 Å². The highest BCUT2D eigenvalue weighted by molar-refractivity contribution is 7.75. The molecule has 222 valence electrons. The fourth-order valence-corrected chi connectivity index (χ4v) is 5.81. The quantitative estimate of drug-likeness (QED) is 0.258.